The van der Waals surface area contributed by atoms with Gasteiger partial charge in [-0.05, 0) is 24.6 Å². The van der Waals surface area contributed by atoms with Crippen molar-refractivity contribution < 1.29 is 0 Å². The van der Waals surface area contributed by atoms with Crippen LogP contribution in [0.2, 0.25) is 5.02 Å². The molecular formula is C13H21ClN2. The maximum absolute atomic E-state index is 6.18. The van der Waals surface area contributed by atoms with Crippen LogP contribution >= 0.6 is 11.6 Å². The van der Waals surface area contributed by atoms with Crippen LogP contribution in [-0.2, 0) is 0 Å². The van der Waals surface area contributed by atoms with Crippen LogP contribution in [0.1, 0.15) is 26.2 Å². The fraction of sp³-hybridized carbons (Fsp3) is 0.538. The summed E-state index contributed by atoms with van der Waals surface area (Å²) in [5.41, 5.74) is 2.16. The molecule has 0 aromatic heterocycles. The molecule has 0 fully saturated rings. The van der Waals surface area contributed by atoms with Crippen molar-refractivity contribution in [2.24, 2.45) is 0 Å². The van der Waals surface area contributed by atoms with Crippen molar-refractivity contribution in [2.75, 3.05) is 30.9 Å². The molecule has 1 rings (SSSR count). The number of anilines is 2. The van der Waals surface area contributed by atoms with Gasteiger partial charge in [0.15, 0.2) is 0 Å². The highest BCUT2D eigenvalue weighted by molar-refractivity contribution is 6.33. The minimum atomic E-state index is 0.797. The summed E-state index contributed by atoms with van der Waals surface area (Å²) in [6, 6.07) is 6.11. The molecule has 0 aliphatic heterocycles. The Morgan fingerprint density at radius 2 is 2.00 bits per heavy atom. The molecule has 0 radical (unpaired) electrons. The molecule has 0 aliphatic rings. The van der Waals surface area contributed by atoms with E-state index in [2.05, 4.69) is 18.3 Å². The summed E-state index contributed by atoms with van der Waals surface area (Å²) in [6.07, 6.45) is 3.74. The van der Waals surface area contributed by atoms with E-state index in [4.69, 9.17) is 11.6 Å². The summed E-state index contributed by atoms with van der Waals surface area (Å²) in [6.45, 7) is 3.23. The number of benzene rings is 1. The molecule has 1 aromatic carbocycles. The normalized spacial score (nSPS) is 10.2. The van der Waals surface area contributed by atoms with Gasteiger partial charge in [0.1, 0.15) is 0 Å². The maximum atomic E-state index is 6.18. The Bertz CT molecular complexity index is 324. The SMILES string of the molecule is CCCCCNc1ccc(N(C)C)c(Cl)c1. The second-order valence-electron chi connectivity index (χ2n) is 4.19. The lowest BCUT2D eigenvalue weighted by Gasteiger charge is -2.15. The molecule has 0 spiro atoms. The summed E-state index contributed by atoms with van der Waals surface area (Å²) < 4.78 is 0. The number of nitrogens with zero attached hydrogens (tertiary/aromatic N) is 1. The fourth-order valence-corrected chi connectivity index (χ4v) is 1.94. The van der Waals surface area contributed by atoms with Crippen molar-refractivity contribution in [3.63, 3.8) is 0 Å². The highest BCUT2D eigenvalue weighted by Gasteiger charge is 2.02. The van der Waals surface area contributed by atoms with Crippen LogP contribution in [-0.4, -0.2) is 20.6 Å². The number of nitrogens with one attached hydrogen (secondary N) is 1. The third-order valence-corrected chi connectivity index (χ3v) is 2.84. The lowest BCUT2D eigenvalue weighted by atomic mass is 10.2. The van der Waals surface area contributed by atoms with E-state index in [-0.39, 0.29) is 0 Å². The van der Waals surface area contributed by atoms with E-state index >= 15 is 0 Å². The van der Waals surface area contributed by atoms with Gasteiger partial charge in [0, 0.05) is 26.3 Å². The van der Waals surface area contributed by atoms with E-state index in [1.807, 2.05) is 31.1 Å². The molecule has 0 atom stereocenters. The van der Waals surface area contributed by atoms with E-state index in [9.17, 15) is 0 Å². The van der Waals surface area contributed by atoms with Gasteiger partial charge in [0.05, 0.1) is 10.7 Å². The van der Waals surface area contributed by atoms with E-state index in [1.54, 1.807) is 0 Å². The van der Waals surface area contributed by atoms with Crippen molar-refractivity contribution in [3.8, 4) is 0 Å². The average Bonchev–Trinajstić information content (AvgIpc) is 2.24. The molecule has 90 valence electrons. The molecule has 16 heavy (non-hydrogen) atoms. The van der Waals surface area contributed by atoms with Gasteiger partial charge in [-0.25, -0.2) is 0 Å². The maximum Gasteiger partial charge on any atom is 0.0659 e. The van der Waals surface area contributed by atoms with Crippen molar-refractivity contribution in [1.29, 1.82) is 0 Å². The molecule has 0 bridgehead atoms. The number of unbranched alkanes of at least 4 members (excludes halogenated alkanes) is 2. The fourth-order valence-electron chi connectivity index (χ4n) is 1.59. The van der Waals surface area contributed by atoms with E-state index in [0.29, 0.717) is 0 Å². The second kappa shape index (κ2) is 6.64. The van der Waals surface area contributed by atoms with Crippen LogP contribution in [0, 0.1) is 0 Å². The highest BCUT2D eigenvalue weighted by atomic mass is 35.5. The van der Waals surface area contributed by atoms with Crippen LogP contribution in [0.15, 0.2) is 18.2 Å². The molecule has 0 amide bonds. The van der Waals surface area contributed by atoms with Gasteiger partial charge in [-0.2, -0.15) is 0 Å². The van der Waals surface area contributed by atoms with Crippen LogP contribution in [0.25, 0.3) is 0 Å². The molecule has 2 nitrogen and oxygen atoms in total. The van der Waals surface area contributed by atoms with Gasteiger partial charge >= 0.3 is 0 Å². The van der Waals surface area contributed by atoms with Crippen LogP contribution in [0.5, 0.6) is 0 Å². The molecule has 3 heteroatoms. The molecule has 0 heterocycles. The van der Waals surface area contributed by atoms with Gasteiger partial charge in [0.25, 0.3) is 0 Å². The van der Waals surface area contributed by atoms with Crippen molar-refractivity contribution in [3.05, 3.63) is 23.2 Å². The molecule has 0 saturated heterocycles. The minimum Gasteiger partial charge on any atom is -0.385 e. The zero-order valence-electron chi connectivity index (χ0n) is 10.4. The smallest absolute Gasteiger partial charge is 0.0659 e. The predicted molar refractivity (Wildman–Crippen MR) is 73.8 cm³/mol. The quantitative estimate of drug-likeness (QED) is 0.756. The van der Waals surface area contributed by atoms with Crippen molar-refractivity contribution in [1.82, 2.24) is 0 Å². The summed E-state index contributed by atoms with van der Waals surface area (Å²) in [5.74, 6) is 0. The first-order chi connectivity index (χ1) is 7.65. The largest absolute Gasteiger partial charge is 0.385 e. The average molecular weight is 241 g/mol. The molecule has 0 saturated carbocycles. The van der Waals surface area contributed by atoms with E-state index in [0.717, 1.165) is 22.9 Å². The second-order valence-corrected chi connectivity index (χ2v) is 4.60. The Balaban J connectivity index is 2.53. The zero-order valence-corrected chi connectivity index (χ0v) is 11.1. The number of rotatable bonds is 6. The molecule has 1 N–H and O–H groups in total. The first kappa shape index (κ1) is 13.2. The van der Waals surface area contributed by atoms with E-state index in [1.165, 1.54) is 19.3 Å². The predicted octanol–water partition coefficient (Wildman–Crippen LogP) is 4.01. The molecule has 0 unspecified atom stereocenters. The summed E-state index contributed by atoms with van der Waals surface area (Å²) in [7, 11) is 3.99. The first-order valence-corrected chi connectivity index (χ1v) is 6.23. The van der Waals surface area contributed by atoms with Crippen molar-refractivity contribution >= 4 is 23.0 Å². The van der Waals surface area contributed by atoms with Crippen LogP contribution in [0.3, 0.4) is 0 Å². The highest BCUT2D eigenvalue weighted by Crippen LogP contribution is 2.27. The summed E-state index contributed by atoms with van der Waals surface area (Å²) in [4.78, 5) is 2.02. The van der Waals surface area contributed by atoms with Gasteiger partial charge < -0.3 is 10.2 Å². The lowest BCUT2D eigenvalue weighted by molar-refractivity contribution is 0.744. The number of hydrogen-bond donors (Lipinski definition) is 1. The molecule has 0 aliphatic carbocycles. The monoisotopic (exact) mass is 240 g/mol. The Morgan fingerprint density at radius 3 is 2.56 bits per heavy atom. The van der Waals surface area contributed by atoms with E-state index < -0.39 is 0 Å². The first-order valence-electron chi connectivity index (χ1n) is 5.86. The van der Waals surface area contributed by atoms with Gasteiger partial charge in [-0.3, -0.25) is 0 Å². The Morgan fingerprint density at radius 1 is 1.25 bits per heavy atom. The summed E-state index contributed by atoms with van der Waals surface area (Å²) in [5, 5.41) is 4.18. The third kappa shape index (κ3) is 3.93. The van der Waals surface area contributed by atoms with Crippen LogP contribution in [0.4, 0.5) is 11.4 Å². The molecular weight excluding hydrogens is 220 g/mol. The topological polar surface area (TPSA) is 15.3 Å². The van der Waals surface area contributed by atoms with Gasteiger partial charge in [0.2, 0.25) is 0 Å². The van der Waals surface area contributed by atoms with Gasteiger partial charge in [-0.1, -0.05) is 31.4 Å². The van der Waals surface area contributed by atoms with Gasteiger partial charge in [-0.15, -0.1) is 0 Å². The molecule has 1 aromatic rings. The Hall–Kier alpha value is -0.890. The Kier molecular flexibility index (Phi) is 5.47. The summed E-state index contributed by atoms with van der Waals surface area (Å²) >= 11 is 6.18. The van der Waals surface area contributed by atoms with Crippen LogP contribution < -0.4 is 10.2 Å². The lowest BCUT2D eigenvalue weighted by Crippen LogP contribution is -2.09. The Labute approximate surface area is 104 Å². The third-order valence-electron chi connectivity index (χ3n) is 2.54. The number of hydrogen-bond acceptors (Lipinski definition) is 2. The standard InChI is InChI=1S/C13H21ClN2/c1-4-5-6-9-15-11-7-8-13(16(2)3)12(14)10-11/h7-8,10,15H,4-6,9H2,1-3H3. The minimum absolute atomic E-state index is 0.797. The zero-order chi connectivity index (χ0) is 12.0. The van der Waals surface area contributed by atoms with Crippen molar-refractivity contribution in [2.45, 2.75) is 26.2 Å². The number of halogens is 1.